The molecule has 166 valence electrons. The quantitative estimate of drug-likeness (QED) is 0.715. The first-order valence-electron chi connectivity index (χ1n) is 11.0. The number of hydrogen-bond donors (Lipinski definition) is 1. The number of rotatable bonds is 7. The normalized spacial score (nSPS) is 20.1. The summed E-state index contributed by atoms with van der Waals surface area (Å²) >= 11 is 1.79. The molecule has 8 heteroatoms. The van der Waals surface area contributed by atoms with E-state index in [1.165, 1.54) is 4.88 Å². The molecule has 0 aromatic carbocycles. The van der Waals surface area contributed by atoms with Crippen LogP contribution in [0.5, 0.6) is 0 Å². The zero-order valence-corrected chi connectivity index (χ0v) is 19.2. The average Bonchev–Trinajstić information content (AvgIpc) is 3.50. The number of carbonyl (C=O) groups excluding carboxylic acids is 1. The summed E-state index contributed by atoms with van der Waals surface area (Å²) in [6.07, 6.45) is 2.22. The van der Waals surface area contributed by atoms with Crippen LogP contribution >= 0.6 is 11.3 Å². The first-order valence-corrected chi connectivity index (χ1v) is 11.9. The number of nitrogens with zero attached hydrogens (tertiary/aromatic N) is 4. The minimum atomic E-state index is -0.0608. The lowest BCUT2D eigenvalue weighted by Gasteiger charge is -2.34. The van der Waals surface area contributed by atoms with Gasteiger partial charge >= 0.3 is 0 Å². The second kappa shape index (κ2) is 9.96. The third kappa shape index (κ3) is 5.18. The summed E-state index contributed by atoms with van der Waals surface area (Å²) in [5, 5.41) is 14.9. The fourth-order valence-electron chi connectivity index (χ4n) is 4.45. The second-order valence-corrected chi connectivity index (χ2v) is 9.50. The number of thiophene rings is 1. The number of aromatic nitrogens is 1. The maximum absolute atomic E-state index is 12.9. The van der Waals surface area contributed by atoms with Gasteiger partial charge in [0.15, 0.2) is 0 Å². The van der Waals surface area contributed by atoms with E-state index in [9.17, 15) is 10.1 Å². The SMILES string of the molecule is Cc1c(C#N)c(NC(=O)CN2CCN(Cc3cccs3)CC2)n(C[C@H]2CCCO2)c1C. The molecular weight excluding hydrogens is 410 g/mol. The molecule has 2 fully saturated rings. The van der Waals surface area contributed by atoms with E-state index < -0.39 is 0 Å². The third-order valence-corrected chi connectivity index (χ3v) is 7.26. The molecule has 0 radical (unpaired) electrons. The Bertz CT molecular complexity index is 932. The number of piperazine rings is 1. The summed E-state index contributed by atoms with van der Waals surface area (Å²) in [6.45, 7) is 10.4. The lowest BCUT2D eigenvalue weighted by atomic mass is 10.2. The Labute approximate surface area is 188 Å². The van der Waals surface area contributed by atoms with Crippen molar-refractivity contribution in [3.05, 3.63) is 39.2 Å². The monoisotopic (exact) mass is 441 g/mol. The highest BCUT2D eigenvalue weighted by Gasteiger charge is 2.25. The maximum Gasteiger partial charge on any atom is 0.239 e. The van der Waals surface area contributed by atoms with Gasteiger partial charge in [-0.05, 0) is 43.7 Å². The van der Waals surface area contributed by atoms with E-state index in [4.69, 9.17) is 4.74 Å². The molecule has 4 heterocycles. The zero-order valence-electron chi connectivity index (χ0n) is 18.4. The number of hydrogen-bond acceptors (Lipinski definition) is 6. The molecule has 31 heavy (non-hydrogen) atoms. The van der Waals surface area contributed by atoms with Gasteiger partial charge in [0.05, 0.1) is 24.8 Å². The Morgan fingerprint density at radius 2 is 2.06 bits per heavy atom. The Morgan fingerprint density at radius 3 is 2.71 bits per heavy atom. The van der Waals surface area contributed by atoms with E-state index in [0.717, 1.165) is 63.4 Å². The highest BCUT2D eigenvalue weighted by atomic mass is 32.1. The molecule has 1 amide bonds. The molecule has 7 nitrogen and oxygen atoms in total. The van der Waals surface area contributed by atoms with Crippen molar-refractivity contribution in [3.63, 3.8) is 0 Å². The van der Waals surface area contributed by atoms with Crippen LogP contribution < -0.4 is 5.32 Å². The van der Waals surface area contributed by atoms with Gasteiger partial charge in [-0.1, -0.05) is 6.07 Å². The number of amides is 1. The number of nitriles is 1. The standard InChI is InChI=1S/C23H31N5O2S/c1-17-18(2)28(14-19-5-3-11-30-19)23(21(17)13-24)25-22(29)16-27-9-7-26(8-10-27)15-20-6-4-12-31-20/h4,6,12,19H,3,5,7-11,14-16H2,1-2H3,(H,25,29)/t19-/m1/s1. The van der Waals surface area contributed by atoms with Crippen LogP contribution in [-0.4, -0.2) is 65.7 Å². The summed E-state index contributed by atoms with van der Waals surface area (Å²) in [7, 11) is 0. The molecule has 0 spiro atoms. The van der Waals surface area contributed by atoms with Crippen molar-refractivity contribution in [2.45, 2.75) is 45.9 Å². The average molecular weight is 442 g/mol. The van der Waals surface area contributed by atoms with E-state index >= 15 is 0 Å². The highest BCUT2D eigenvalue weighted by molar-refractivity contribution is 7.09. The number of carbonyl (C=O) groups is 1. The van der Waals surface area contributed by atoms with Crippen LogP contribution in [-0.2, 0) is 22.6 Å². The Morgan fingerprint density at radius 1 is 1.29 bits per heavy atom. The first-order chi connectivity index (χ1) is 15.0. The van der Waals surface area contributed by atoms with Gasteiger partial charge in [0.25, 0.3) is 0 Å². The van der Waals surface area contributed by atoms with Crippen LogP contribution in [0.25, 0.3) is 0 Å². The van der Waals surface area contributed by atoms with Gasteiger partial charge in [-0.25, -0.2) is 0 Å². The summed E-state index contributed by atoms with van der Waals surface area (Å²) in [6, 6.07) is 6.56. The molecular formula is C23H31N5O2S. The van der Waals surface area contributed by atoms with Gasteiger partial charge in [0.2, 0.25) is 5.91 Å². The minimum absolute atomic E-state index is 0.0608. The Hall–Kier alpha value is -2.18. The number of anilines is 1. The van der Waals surface area contributed by atoms with Gasteiger partial charge in [-0.3, -0.25) is 14.6 Å². The van der Waals surface area contributed by atoms with Gasteiger partial charge in [-0.2, -0.15) is 5.26 Å². The number of ether oxygens (including phenoxy) is 1. The second-order valence-electron chi connectivity index (χ2n) is 8.47. The summed E-state index contributed by atoms with van der Waals surface area (Å²) in [4.78, 5) is 18.9. The van der Waals surface area contributed by atoms with E-state index in [1.54, 1.807) is 11.3 Å². The maximum atomic E-state index is 12.9. The van der Waals surface area contributed by atoms with Gasteiger partial charge < -0.3 is 14.6 Å². The van der Waals surface area contributed by atoms with Gasteiger partial charge in [0.1, 0.15) is 11.9 Å². The summed E-state index contributed by atoms with van der Waals surface area (Å²) < 4.78 is 7.85. The van der Waals surface area contributed by atoms with Crippen LogP contribution in [0.15, 0.2) is 17.5 Å². The fourth-order valence-corrected chi connectivity index (χ4v) is 5.20. The van der Waals surface area contributed by atoms with Crippen molar-refractivity contribution in [3.8, 4) is 6.07 Å². The molecule has 0 bridgehead atoms. The van der Waals surface area contributed by atoms with Crippen LogP contribution in [0.2, 0.25) is 0 Å². The summed E-state index contributed by atoms with van der Waals surface area (Å²) in [5.74, 6) is 0.559. The minimum Gasteiger partial charge on any atom is -0.376 e. The van der Waals surface area contributed by atoms with Crippen LogP contribution in [0, 0.1) is 25.2 Å². The van der Waals surface area contributed by atoms with E-state index in [1.807, 2.05) is 13.8 Å². The molecule has 2 aliphatic heterocycles. The molecule has 1 atom stereocenters. The predicted molar refractivity (Wildman–Crippen MR) is 122 cm³/mol. The lowest BCUT2D eigenvalue weighted by molar-refractivity contribution is -0.117. The molecule has 2 saturated heterocycles. The zero-order chi connectivity index (χ0) is 21.8. The summed E-state index contributed by atoms with van der Waals surface area (Å²) in [5.41, 5.74) is 2.51. The van der Waals surface area contributed by atoms with Crippen molar-refractivity contribution >= 4 is 23.1 Å². The molecule has 1 N–H and O–H groups in total. The van der Waals surface area contributed by atoms with Crippen molar-refractivity contribution < 1.29 is 9.53 Å². The van der Waals surface area contributed by atoms with E-state index in [2.05, 4.69) is 43.3 Å². The predicted octanol–water partition coefficient (Wildman–Crippen LogP) is 2.97. The largest absolute Gasteiger partial charge is 0.376 e. The lowest BCUT2D eigenvalue weighted by Crippen LogP contribution is -2.48. The van der Waals surface area contributed by atoms with Crippen LogP contribution in [0.1, 0.15) is 34.5 Å². The van der Waals surface area contributed by atoms with Gasteiger partial charge in [0, 0.05) is 49.9 Å². The number of nitrogens with one attached hydrogen (secondary N) is 1. The fraction of sp³-hybridized carbons (Fsp3) is 0.565. The van der Waals surface area contributed by atoms with E-state index in [-0.39, 0.29) is 12.0 Å². The molecule has 2 aliphatic rings. The Kier molecular flexibility index (Phi) is 7.08. The van der Waals surface area contributed by atoms with Crippen molar-refractivity contribution in [2.75, 3.05) is 44.6 Å². The van der Waals surface area contributed by atoms with Crippen LogP contribution in [0.4, 0.5) is 5.82 Å². The van der Waals surface area contributed by atoms with E-state index in [0.29, 0.717) is 24.5 Å². The highest BCUT2D eigenvalue weighted by Crippen LogP contribution is 2.28. The smallest absolute Gasteiger partial charge is 0.239 e. The molecule has 0 unspecified atom stereocenters. The molecule has 0 saturated carbocycles. The van der Waals surface area contributed by atoms with Crippen molar-refractivity contribution in [2.24, 2.45) is 0 Å². The third-order valence-electron chi connectivity index (χ3n) is 6.40. The molecule has 4 rings (SSSR count). The van der Waals surface area contributed by atoms with Gasteiger partial charge in [-0.15, -0.1) is 11.3 Å². The van der Waals surface area contributed by atoms with Crippen molar-refractivity contribution in [1.82, 2.24) is 14.4 Å². The van der Waals surface area contributed by atoms with Crippen molar-refractivity contribution in [1.29, 1.82) is 5.26 Å². The first kappa shape index (κ1) is 22.0. The molecule has 0 aliphatic carbocycles. The van der Waals surface area contributed by atoms with Crippen LogP contribution in [0.3, 0.4) is 0 Å². The Balaban J connectivity index is 1.36. The molecule has 2 aromatic rings. The molecule has 2 aromatic heterocycles. The topological polar surface area (TPSA) is 73.5 Å².